The first kappa shape index (κ1) is 64.6. The SMILES string of the molecule is COC(=O)NNC(=O)[C@H]1[C@@H]2C[C@@H](O[C@@H]3O[C@H](C)[C@@H](O)[C@H](NC(=O)CCN)[C@@H]3O)/C=C/C=C/C=C/C=C/C=C/C=C/C=C/[C@H](C)[C@@H](O)[C@@H](C)[C@H](C)OC(=O)C[C@H](O)C[C@H](O)CC[C@@H](O)[C@H](O)C[C@H](O)C[C@](O)(C[C@@H]1O)O2. The van der Waals surface area contributed by atoms with E-state index in [1.54, 1.807) is 86.8 Å². The van der Waals surface area contributed by atoms with Gasteiger partial charge in [-0.3, -0.25) is 19.8 Å². The molecule has 3 heterocycles. The van der Waals surface area contributed by atoms with Crippen LogP contribution < -0.4 is 21.9 Å². The van der Waals surface area contributed by atoms with Gasteiger partial charge in [0.15, 0.2) is 12.1 Å². The number of hydrogen-bond donors (Lipinski definition) is 14. The Hall–Kier alpha value is -4.70. The molecule has 15 N–H and O–H groups in total. The molecular weight excluding hydrogens is 985 g/mol. The van der Waals surface area contributed by atoms with E-state index >= 15 is 0 Å². The number of aliphatic hydroxyl groups is 10. The summed E-state index contributed by atoms with van der Waals surface area (Å²) in [7, 11) is 1.04. The van der Waals surface area contributed by atoms with Crippen molar-refractivity contribution in [2.45, 2.75) is 183 Å². The summed E-state index contributed by atoms with van der Waals surface area (Å²) < 4.78 is 28.2. The first-order valence-corrected chi connectivity index (χ1v) is 25.3. The van der Waals surface area contributed by atoms with E-state index in [2.05, 4.69) is 15.5 Å². The molecule has 3 aliphatic heterocycles. The average molecular weight is 1070 g/mol. The summed E-state index contributed by atoms with van der Waals surface area (Å²) in [6, 6.07) is -1.28. The monoisotopic (exact) mass is 1070 g/mol. The van der Waals surface area contributed by atoms with Gasteiger partial charge in [0.05, 0.1) is 86.5 Å². The van der Waals surface area contributed by atoms with E-state index in [9.17, 15) is 70.2 Å². The maximum absolute atomic E-state index is 13.7. The lowest BCUT2D eigenvalue weighted by atomic mass is 9.82. The van der Waals surface area contributed by atoms with Crippen LogP contribution in [0.3, 0.4) is 0 Å². The summed E-state index contributed by atoms with van der Waals surface area (Å²) in [5.41, 5.74) is 9.69. The molecule has 0 radical (unpaired) electrons. The number of nitrogens with one attached hydrogen (secondary N) is 3. The fourth-order valence-electron chi connectivity index (χ4n) is 8.76. The minimum absolute atomic E-state index is 0.00945. The number of methoxy groups -OCH3 is 1. The topological polar surface area (TPSA) is 379 Å². The van der Waals surface area contributed by atoms with E-state index in [1.807, 2.05) is 18.4 Å². The smallest absolute Gasteiger partial charge is 0.425 e. The number of hydrazine groups is 1. The van der Waals surface area contributed by atoms with Gasteiger partial charge in [0.25, 0.3) is 0 Å². The Labute approximate surface area is 438 Å². The summed E-state index contributed by atoms with van der Waals surface area (Å²) in [6.45, 7) is 6.66. The predicted molar refractivity (Wildman–Crippen MR) is 271 cm³/mol. The van der Waals surface area contributed by atoms with Gasteiger partial charge in [-0.05, 0) is 33.1 Å². The van der Waals surface area contributed by atoms with Crippen molar-refractivity contribution in [3.63, 3.8) is 0 Å². The number of rotatable bonds is 6. The first-order valence-electron chi connectivity index (χ1n) is 25.3. The van der Waals surface area contributed by atoms with Crippen molar-refractivity contribution in [1.29, 1.82) is 0 Å². The second-order valence-electron chi connectivity index (χ2n) is 19.4. The van der Waals surface area contributed by atoms with E-state index in [-0.39, 0.29) is 38.1 Å². The first-order chi connectivity index (χ1) is 35.5. The van der Waals surface area contributed by atoms with Crippen LogP contribution in [0.2, 0.25) is 0 Å². The van der Waals surface area contributed by atoms with Crippen molar-refractivity contribution in [2.75, 3.05) is 13.7 Å². The minimum atomic E-state index is -2.41. The summed E-state index contributed by atoms with van der Waals surface area (Å²) in [5, 5.41) is 113. The molecule has 0 aliphatic carbocycles. The number of nitrogens with two attached hydrogens (primary N) is 1. The highest BCUT2D eigenvalue weighted by Crippen LogP contribution is 2.38. The van der Waals surface area contributed by atoms with Crippen LogP contribution in [0.5, 0.6) is 0 Å². The molecule has 424 valence electrons. The van der Waals surface area contributed by atoms with E-state index < -0.39 is 165 Å². The third kappa shape index (κ3) is 22.4. The number of carbonyl (C=O) groups excluding carboxylic acids is 4. The number of ether oxygens (including phenoxy) is 5. The minimum Gasteiger partial charge on any atom is -0.462 e. The number of hydrogen-bond acceptors (Lipinski definition) is 20. The van der Waals surface area contributed by atoms with Crippen molar-refractivity contribution in [2.24, 2.45) is 23.5 Å². The Morgan fingerprint density at radius 3 is 1.89 bits per heavy atom. The highest BCUT2D eigenvalue weighted by molar-refractivity contribution is 5.82. The van der Waals surface area contributed by atoms with Crippen LogP contribution in [0.4, 0.5) is 4.79 Å². The number of carbonyl (C=O) groups is 4. The Balaban J connectivity index is 1.99. The van der Waals surface area contributed by atoms with Crippen molar-refractivity contribution < 1.29 is 93.9 Å². The molecule has 23 heteroatoms. The van der Waals surface area contributed by atoms with Gasteiger partial charge in [-0.2, -0.15) is 0 Å². The maximum atomic E-state index is 13.7. The molecule has 0 aromatic carbocycles. The van der Waals surface area contributed by atoms with Crippen molar-refractivity contribution >= 4 is 23.9 Å². The molecule has 0 unspecified atom stereocenters. The Bertz CT molecular complexity index is 1980. The third-order valence-corrected chi connectivity index (χ3v) is 13.2. The molecule has 3 aliphatic rings. The van der Waals surface area contributed by atoms with Gasteiger partial charge in [0, 0.05) is 50.5 Å². The number of fused-ring (bicyclic) bond motifs is 2. The lowest BCUT2D eigenvalue weighted by Gasteiger charge is -2.46. The number of cyclic esters (lactones) is 1. The Kier molecular flexibility index (Phi) is 28.2. The lowest BCUT2D eigenvalue weighted by molar-refractivity contribution is -0.307. The highest BCUT2D eigenvalue weighted by Gasteiger charge is 2.51. The van der Waals surface area contributed by atoms with Gasteiger partial charge in [-0.25, -0.2) is 10.2 Å². The van der Waals surface area contributed by atoms with Crippen molar-refractivity contribution in [3.8, 4) is 0 Å². The quantitative estimate of drug-likeness (QED) is 0.118. The summed E-state index contributed by atoms with van der Waals surface area (Å²) in [6.07, 6.45) is 0.497. The van der Waals surface area contributed by atoms with Gasteiger partial charge >= 0.3 is 12.1 Å². The van der Waals surface area contributed by atoms with Gasteiger partial charge < -0.3 is 85.8 Å². The van der Waals surface area contributed by atoms with Gasteiger partial charge in [-0.15, -0.1) is 0 Å². The number of allylic oxidation sites excluding steroid dienone is 12. The maximum Gasteiger partial charge on any atom is 0.425 e. The van der Waals surface area contributed by atoms with Crippen molar-refractivity contribution in [3.05, 3.63) is 85.1 Å². The van der Waals surface area contributed by atoms with Crippen LogP contribution in [-0.4, -0.2) is 186 Å². The number of esters is 1. The summed E-state index contributed by atoms with van der Waals surface area (Å²) in [4.78, 5) is 50.8. The zero-order valence-corrected chi connectivity index (χ0v) is 43.3. The molecular formula is C52H82N4O19. The van der Waals surface area contributed by atoms with Gasteiger partial charge in [0.1, 0.15) is 18.3 Å². The molecule has 75 heavy (non-hydrogen) atoms. The number of aliphatic hydroxyl groups excluding tert-OH is 9. The number of amides is 3. The third-order valence-electron chi connectivity index (χ3n) is 13.2. The zero-order chi connectivity index (χ0) is 55.8. The van der Waals surface area contributed by atoms with Crippen LogP contribution in [0.15, 0.2) is 85.1 Å². The molecule has 0 aromatic heterocycles. The molecule has 0 aromatic rings. The summed E-state index contributed by atoms with van der Waals surface area (Å²) in [5.74, 6) is -7.06. The highest BCUT2D eigenvalue weighted by atomic mass is 16.7. The molecule has 2 fully saturated rings. The largest absolute Gasteiger partial charge is 0.462 e. The molecule has 2 saturated heterocycles. The molecule has 0 spiro atoms. The second kappa shape index (κ2) is 32.8. The van der Waals surface area contributed by atoms with E-state index in [1.165, 1.54) is 13.0 Å². The molecule has 3 amide bonds. The summed E-state index contributed by atoms with van der Waals surface area (Å²) >= 11 is 0. The van der Waals surface area contributed by atoms with Gasteiger partial charge in [-0.1, -0.05) is 98.9 Å². The fraction of sp³-hybridized carbons (Fsp3) is 0.654. The van der Waals surface area contributed by atoms with E-state index in [0.717, 1.165) is 7.11 Å². The molecule has 2 bridgehead atoms. The second-order valence-corrected chi connectivity index (χ2v) is 19.4. The Morgan fingerprint density at radius 1 is 0.693 bits per heavy atom. The van der Waals surface area contributed by atoms with Crippen LogP contribution in [-0.2, 0) is 38.1 Å². The standard InChI is InChI=1S/C52H82N4O19/c1-30-18-16-14-12-10-8-6-7-9-11-13-15-17-19-37(74-50-48(67)45(47(66)33(4)73-50)54-42(63)22-23-53)27-41-44(49(68)55-56-51(69)71-5)40(62)29-52(70,75-41)28-36(59)25-39(61)38(60)21-20-34(57)24-35(58)26-43(64)72-32(3)31(2)46(30)65/h6-19,30-41,44-48,50,57-62,65-67,70H,20-29,53H2,1-5H3,(H,54,63)(H,55,68)(H,56,69)/b7-6+,10-8+,11-9+,14-12+,15-13+,18-16+,19-17+/t30-,31-,32-,33+,34+,35+,36-,37-,38+,39+,40-,41-,44+,45-,46+,47+,48-,50-,52+/m0/s1. The zero-order valence-electron chi connectivity index (χ0n) is 43.3. The Morgan fingerprint density at radius 2 is 1.29 bits per heavy atom. The van der Waals surface area contributed by atoms with Crippen LogP contribution >= 0.6 is 0 Å². The average Bonchev–Trinajstić information content (AvgIpc) is 3.33. The molecule has 0 saturated carbocycles. The van der Waals surface area contributed by atoms with E-state index in [0.29, 0.717) is 0 Å². The lowest BCUT2D eigenvalue weighted by Crippen LogP contribution is -2.64. The van der Waals surface area contributed by atoms with Crippen molar-refractivity contribution in [1.82, 2.24) is 16.2 Å². The molecule has 23 nitrogen and oxygen atoms in total. The van der Waals surface area contributed by atoms with Crippen LogP contribution in [0.25, 0.3) is 0 Å². The normalized spacial score (nSPS) is 40.7. The van der Waals surface area contributed by atoms with Gasteiger partial charge in [0.2, 0.25) is 11.8 Å². The molecule has 3 rings (SSSR count). The van der Waals surface area contributed by atoms with E-state index in [4.69, 9.17) is 24.7 Å². The van der Waals surface area contributed by atoms with Crippen LogP contribution in [0.1, 0.15) is 85.5 Å². The van der Waals surface area contributed by atoms with Crippen LogP contribution in [0, 0.1) is 17.8 Å². The molecule has 19 atom stereocenters. The predicted octanol–water partition coefficient (Wildman–Crippen LogP) is -0.479. The fourth-order valence-corrected chi connectivity index (χ4v) is 8.76.